The first-order valence-electron chi connectivity index (χ1n) is 15.4. The summed E-state index contributed by atoms with van der Waals surface area (Å²) in [7, 11) is 0. The van der Waals surface area contributed by atoms with Crippen molar-refractivity contribution in [2.45, 2.75) is 11.1 Å². The largest absolute Gasteiger partial charge is 0.456 e. The minimum absolute atomic E-state index is 0.562. The van der Waals surface area contributed by atoms with Crippen LogP contribution in [-0.2, 0) is 11.1 Å². The summed E-state index contributed by atoms with van der Waals surface area (Å²) in [5.74, 6) is 2.88. The van der Waals surface area contributed by atoms with E-state index in [9.17, 15) is 0 Å². The van der Waals surface area contributed by atoms with Gasteiger partial charge in [0, 0.05) is 26.2 Å². The van der Waals surface area contributed by atoms with Crippen LogP contribution in [-0.4, -0.2) is 14.5 Å². The van der Waals surface area contributed by atoms with Gasteiger partial charge in [-0.3, -0.25) is 0 Å². The summed E-state index contributed by atoms with van der Waals surface area (Å²) in [5, 5.41) is 7.52. The van der Waals surface area contributed by atoms with Crippen LogP contribution in [0.4, 0.5) is 0 Å². The van der Waals surface area contributed by atoms with Crippen LogP contribution in [0.25, 0.3) is 33.3 Å². The molecule has 0 fully saturated rings. The highest BCUT2D eigenvalue weighted by atomic mass is 16.5. The summed E-state index contributed by atoms with van der Waals surface area (Å²) >= 11 is 0. The lowest BCUT2D eigenvalue weighted by Crippen LogP contribution is -2.68. The second kappa shape index (κ2) is 7.20. The van der Waals surface area contributed by atoms with Gasteiger partial charge in [-0.05, 0) is 53.6 Å². The van der Waals surface area contributed by atoms with Crippen molar-refractivity contribution in [2.75, 3.05) is 0 Å². The van der Waals surface area contributed by atoms with Crippen LogP contribution < -0.4 is 14.0 Å². The molecule has 0 N–H and O–H groups in total. The van der Waals surface area contributed by atoms with Gasteiger partial charge >= 0.3 is 5.66 Å². The Morgan fingerprint density at radius 1 is 0.600 bits per heavy atom. The topological polar surface area (TPSA) is 39.7 Å². The number of benzene rings is 5. The Morgan fingerprint density at radius 2 is 1.33 bits per heavy atom. The maximum absolute atomic E-state index is 6.79. The van der Waals surface area contributed by atoms with Gasteiger partial charge in [-0.25, -0.2) is 0 Å². The molecule has 5 aromatic carbocycles. The molecule has 12 rings (SSSR count). The Bertz CT molecular complexity index is 2600. The minimum Gasteiger partial charge on any atom is -0.456 e. The Balaban J connectivity index is 1.41. The highest BCUT2D eigenvalue weighted by Gasteiger charge is 2.67. The van der Waals surface area contributed by atoms with Gasteiger partial charge in [-0.2, -0.15) is 9.13 Å². The highest BCUT2D eigenvalue weighted by molar-refractivity contribution is 6.14. The molecule has 0 amide bonds. The van der Waals surface area contributed by atoms with E-state index in [2.05, 4.69) is 152 Å². The van der Waals surface area contributed by atoms with E-state index < -0.39 is 11.1 Å². The van der Waals surface area contributed by atoms with E-state index in [1.807, 2.05) is 6.20 Å². The molecule has 4 aliphatic rings. The molecule has 0 radical (unpaired) electrons. The lowest BCUT2D eigenvalue weighted by molar-refractivity contribution is -0.797. The third-order valence-electron chi connectivity index (χ3n) is 10.7. The number of ether oxygens (including phenoxy) is 1. The minimum atomic E-state index is -0.783. The van der Waals surface area contributed by atoms with Crippen LogP contribution in [0.15, 0.2) is 140 Å². The second-order valence-electron chi connectivity index (χ2n) is 12.4. The van der Waals surface area contributed by atoms with Crippen LogP contribution in [0.1, 0.15) is 33.4 Å². The van der Waals surface area contributed by atoms with E-state index in [0.717, 1.165) is 34.1 Å². The quantitative estimate of drug-likeness (QED) is 0.227. The monoisotopic (exact) mass is 577 g/mol. The van der Waals surface area contributed by atoms with Gasteiger partial charge in [0.2, 0.25) is 6.20 Å². The smallest absolute Gasteiger partial charge is 0.327 e. The molecule has 1 unspecified atom stereocenters. The number of hydrogen-bond donors (Lipinski definition) is 0. The van der Waals surface area contributed by atoms with Crippen molar-refractivity contribution in [1.82, 2.24) is 14.5 Å². The molecule has 8 aromatic rings. The standard InChI is InChI=1S/C39H23N5O/c1-3-10-24(11-4-1)38(25-12-5-2-6-13-25)28-15-7-14-26-27-19-20-32-34-36(27)43(35(26)28)37-29(38)16-9-22-41(37)39(34)33-30(17-8-18-31(33)45-32)42-23-21-40-44(39)42/h1-23H/q+2. The van der Waals surface area contributed by atoms with E-state index in [4.69, 9.17) is 9.84 Å². The zero-order valence-electron chi connectivity index (χ0n) is 23.9. The van der Waals surface area contributed by atoms with Gasteiger partial charge < -0.3 is 4.74 Å². The lowest BCUT2D eigenvalue weighted by atomic mass is 9.63. The fraction of sp³-hybridized carbons (Fsp3) is 0.0513. The first kappa shape index (κ1) is 22.5. The van der Waals surface area contributed by atoms with E-state index in [-0.39, 0.29) is 0 Å². The summed E-state index contributed by atoms with van der Waals surface area (Å²) in [6.07, 6.45) is 6.20. The third kappa shape index (κ3) is 2.16. The number of rotatable bonds is 2. The molecule has 3 aromatic heterocycles. The molecule has 0 saturated carbocycles. The molecule has 7 heterocycles. The van der Waals surface area contributed by atoms with Gasteiger partial charge in [0.1, 0.15) is 28.1 Å². The molecule has 208 valence electrons. The molecule has 45 heavy (non-hydrogen) atoms. The zero-order chi connectivity index (χ0) is 29.1. The Hall–Kier alpha value is -6.01. The fourth-order valence-corrected chi connectivity index (χ4v) is 9.29. The van der Waals surface area contributed by atoms with Gasteiger partial charge in [0.15, 0.2) is 17.4 Å². The van der Waals surface area contributed by atoms with E-state index >= 15 is 0 Å². The molecule has 4 aliphatic heterocycles. The van der Waals surface area contributed by atoms with E-state index in [1.165, 1.54) is 44.1 Å². The average molecular weight is 578 g/mol. The van der Waals surface area contributed by atoms with Crippen LogP contribution in [0.3, 0.4) is 0 Å². The van der Waals surface area contributed by atoms with Gasteiger partial charge in [0.05, 0.1) is 17.2 Å². The summed E-state index contributed by atoms with van der Waals surface area (Å²) in [6, 6.07) is 44.2. The number of fused-ring (bicyclic) bond motifs is 3. The molecule has 0 bridgehead atoms. The predicted molar refractivity (Wildman–Crippen MR) is 168 cm³/mol. The normalized spacial score (nSPS) is 18.2. The molecular weight excluding hydrogens is 554 g/mol. The van der Waals surface area contributed by atoms with Crippen molar-refractivity contribution < 1.29 is 14.0 Å². The van der Waals surface area contributed by atoms with Crippen molar-refractivity contribution in [2.24, 2.45) is 0 Å². The summed E-state index contributed by atoms with van der Waals surface area (Å²) in [4.78, 5) is 2.16. The highest BCUT2D eigenvalue weighted by Crippen LogP contribution is 2.60. The van der Waals surface area contributed by atoms with Crippen molar-refractivity contribution in [3.63, 3.8) is 0 Å². The third-order valence-corrected chi connectivity index (χ3v) is 10.7. The molecule has 0 saturated heterocycles. The van der Waals surface area contributed by atoms with Gasteiger partial charge in [0.25, 0.3) is 5.82 Å². The Kier molecular flexibility index (Phi) is 3.60. The molecule has 1 spiro atoms. The van der Waals surface area contributed by atoms with Crippen LogP contribution in [0, 0.1) is 0 Å². The van der Waals surface area contributed by atoms with Crippen molar-refractivity contribution in [1.29, 1.82) is 0 Å². The first-order chi connectivity index (χ1) is 22.3. The number of pyridine rings is 1. The van der Waals surface area contributed by atoms with Gasteiger partial charge in [-0.1, -0.05) is 78.9 Å². The van der Waals surface area contributed by atoms with Crippen LogP contribution >= 0.6 is 0 Å². The Morgan fingerprint density at radius 3 is 2.16 bits per heavy atom. The van der Waals surface area contributed by atoms with Crippen molar-refractivity contribution >= 4 is 21.8 Å². The number of hydrogen-bond acceptors (Lipinski definition) is 2. The molecule has 1 atom stereocenters. The van der Waals surface area contributed by atoms with Crippen LogP contribution in [0.2, 0.25) is 0 Å². The van der Waals surface area contributed by atoms with Crippen LogP contribution in [0.5, 0.6) is 11.5 Å². The Labute approximate surface area is 257 Å². The summed E-state index contributed by atoms with van der Waals surface area (Å²) < 4.78 is 14.0. The predicted octanol–water partition coefficient (Wildman–Crippen LogP) is 6.27. The molecular formula is C39H23N5O+2. The van der Waals surface area contributed by atoms with Gasteiger partial charge in [-0.15, -0.1) is 4.68 Å². The number of para-hydroxylation sites is 1. The second-order valence-corrected chi connectivity index (χ2v) is 12.4. The summed E-state index contributed by atoms with van der Waals surface area (Å²) in [5.41, 5.74) is 9.39. The molecule has 6 heteroatoms. The van der Waals surface area contributed by atoms with Crippen molar-refractivity contribution in [3.05, 3.63) is 173 Å². The molecule has 0 aliphatic carbocycles. The number of nitrogens with zero attached hydrogens (tertiary/aromatic N) is 5. The van der Waals surface area contributed by atoms with E-state index in [1.54, 1.807) is 0 Å². The average Bonchev–Trinajstić information content (AvgIpc) is 3.79. The number of aromatic nitrogens is 5. The SMILES string of the molecule is c1ccc(C2(c3ccccc3)c3ccc[n+]4c3-n3c5c2cccc5c2ccc5c(c23)C42c3c(cccc3-[n+]3ccnn32)O5)cc1. The van der Waals surface area contributed by atoms with E-state index in [0.29, 0.717) is 0 Å². The maximum atomic E-state index is 6.79. The van der Waals surface area contributed by atoms with Crippen molar-refractivity contribution in [3.8, 4) is 23.0 Å². The lowest BCUT2D eigenvalue weighted by Gasteiger charge is -2.42. The summed E-state index contributed by atoms with van der Waals surface area (Å²) in [6.45, 7) is 0. The fourth-order valence-electron chi connectivity index (χ4n) is 9.29. The maximum Gasteiger partial charge on any atom is 0.327 e. The zero-order valence-corrected chi connectivity index (χ0v) is 23.9. The molecule has 6 nitrogen and oxygen atoms in total. The first-order valence-corrected chi connectivity index (χ1v) is 15.4.